The first-order valence-electron chi connectivity index (χ1n) is 8.08. The zero-order chi connectivity index (χ0) is 15.4. The van der Waals surface area contributed by atoms with E-state index in [1.54, 1.807) is 0 Å². The minimum Gasteiger partial charge on any atom is -0.341 e. The highest BCUT2D eigenvalue weighted by molar-refractivity contribution is 5.85. The van der Waals surface area contributed by atoms with Gasteiger partial charge in [-0.25, -0.2) is 0 Å². The Hall–Kier alpha value is -0.780. The average Bonchev–Trinajstić information content (AvgIpc) is 2.95. The average molecular weight is 365 g/mol. The molecule has 2 N–H and O–H groups in total. The SMILES string of the molecule is CCn1cc(C2CCN(C(=O)[C@@H](N)CC(C)C)CC2)cn1.Cl.Cl. The van der Waals surface area contributed by atoms with E-state index in [2.05, 4.69) is 32.1 Å². The van der Waals surface area contributed by atoms with Crippen LogP contribution >= 0.6 is 24.8 Å². The molecule has 1 aliphatic heterocycles. The molecule has 2 heterocycles. The van der Waals surface area contributed by atoms with Crippen LogP contribution in [0.15, 0.2) is 12.4 Å². The highest BCUT2D eigenvalue weighted by atomic mass is 35.5. The number of nitrogens with zero attached hydrogens (tertiary/aromatic N) is 3. The fourth-order valence-corrected chi connectivity index (χ4v) is 3.04. The third-order valence-corrected chi connectivity index (χ3v) is 4.30. The zero-order valence-electron chi connectivity index (χ0n) is 14.3. The molecule has 0 bridgehead atoms. The molecule has 1 saturated heterocycles. The minimum absolute atomic E-state index is 0. The fourth-order valence-electron chi connectivity index (χ4n) is 3.04. The van der Waals surface area contributed by atoms with Gasteiger partial charge in [0, 0.05) is 25.8 Å². The van der Waals surface area contributed by atoms with Gasteiger partial charge in [-0.15, -0.1) is 24.8 Å². The molecule has 0 saturated carbocycles. The first-order chi connectivity index (χ1) is 10.0. The van der Waals surface area contributed by atoms with E-state index in [1.165, 1.54) is 5.56 Å². The monoisotopic (exact) mass is 364 g/mol. The largest absolute Gasteiger partial charge is 0.341 e. The van der Waals surface area contributed by atoms with Gasteiger partial charge in [-0.2, -0.15) is 5.10 Å². The van der Waals surface area contributed by atoms with E-state index in [1.807, 2.05) is 15.8 Å². The van der Waals surface area contributed by atoms with Gasteiger partial charge in [-0.05, 0) is 43.6 Å². The molecule has 7 heteroatoms. The number of carbonyl (C=O) groups is 1. The van der Waals surface area contributed by atoms with Gasteiger partial charge >= 0.3 is 0 Å². The topological polar surface area (TPSA) is 64.2 Å². The number of piperidine rings is 1. The first kappa shape index (κ1) is 22.2. The van der Waals surface area contributed by atoms with Crippen LogP contribution in [0.3, 0.4) is 0 Å². The van der Waals surface area contributed by atoms with Crippen LogP contribution in [0, 0.1) is 5.92 Å². The summed E-state index contributed by atoms with van der Waals surface area (Å²) in [6, 6.07) is -0.343. The predicted molar refractivity (Wildman–Crippen MR) is 98.4 cm³/mol. The number of hydrogen-bond donors (Lipinski definition) is 1. The summed E-state index contributed by atoms with van der Waals surface area (Å²) in [7, 11) is 0. The van der Waals surface area contributed by atoms with Crippen LogP contribution in [0.25, 0.3) is 0 Å². The molecule has 23 heavy (non-hydrogen) atoms. The number of aryl methyl sites for hydroxylation is 1. The van der Waals surface area contributed by atoms with E-state index < -0.39 is 0 Å². The lowest BCUT2D eigenvalue weighted by molar-refractivity contribution is -0.134. The molecule has 0 spiro atoms. The van der Waals surface area contributed by atoms with E-state index in [4.69, 9.17) is 5.73 Å². The van der Waals surface area contributed by atoms with Gasteiger partial charge < -0.3 is 10.6 Å². The molecule has 0 unspecified atom stereocenters. The number of aromatic nitrogens is 2. The maximum absolute atomic E-state index is 12.3. The third kappa shape index (κ3) is 5.98. The summed E-state index contributed by atoms with van der Waals surface area (Å²) < 4.78 is 1.96. The Balaban J connectivity index is 0.00000242. The molecular weight excluding hydrogens is 335 g/mol. The summed E-state index contributed by atoms with van der Waals surface area (Å²) in [5, 5.41) is 4.34. The lowest BCUT2D eigenvalue weighted by Gasteiger charge is -2.33. The van der Waals surface area contributed by atoms with E-state index in [9.17, 15) is 4.79 Å². The third-order valence-electron chi connectivity index (χ3n) is 4.30. The normalized spacial score (nSPS) is 16.7. The summed E-state index contributed by atoms with van der Waals surface area (Å²) in [5.41, 5.74) is 7.31. The molecule has 1 amide bonds. The lowest BCUT2D eigenvalue weighted by Crippen LogP contribution is -2.47. The van der Waals surface area contributed by atoms with Gasteiger partial charge in [0.15, 0.2) is 0 Å². The molecule has 1 atom stereocenters. The molecule has 1 aliphatic rings. The second kappa shape index (κ2) is 10.2. The lowest BCUT2D eigenvalue weighted by atomic mass is 9.91. The van der Waals surface area contributed by atoms with E-state index >= 15 is 0 Å². The standard InChI is InChI=1S/C16H28N4O.2ClH/c1-4-20-11-14(10-18-20)13-5-7-19(8-6-13)16(21)15(17)9-12(2)3;;/h10-13,15H,4-9,17H2,1-3H3;2*1H/t15-;;/m0../s1. The van der Waals surface area contributed by atoms with Gasteiger partial charge in [0.25, 0.3) is 0 Å². The smallest absolute Gasteiger partial charge is 0.239 e. The predicted octanol–water partition coefficient (Wildman–Crippen LogP) is 2.83. The number of hydrogen-bond acceptors (Lipinski definition) is 3. The summed E-state index contributed by atoms with van der Waals surface area (Å²) in [5.74, 6) is 1.10. The Morgan fingerprint density at radius 3 is 2.43 bits per heavy atom. The summed E-state index contributed by atoms with van der Waals surface area (Å²) >= 11 is 0. The van der Waals surface area contributed by atoms with Crippen molar-refractivity contribution in [1.82, 2.24) is 14.7 Å². The van der Waals surface area contributed by atoms with Crippen LogP contribution in [-0.2, 0) is 11.3 Å². The maximum atomic E-state index is 12.3. The number of halogens is 2. The van der Waals surface area contributed by atoms with Gasteiger partial charge in [0.05, 0.1) is 12.2 Å². The molecule has 134 valence electrons. The van der Waals surface area contributed by atoms with Gasteiger partial charge in [-0.1, -0.05) is 13.8 Å². The minimum atomic E-state index is -0.343. The fraction of sp³-hybridized carbons (Fsp3) is 0.750. The van der Waals surface area contributed by atoms with Gasteiger partial charge in [-0.3, -0.25) is 9.48 Å². The van der Waals surface area contributed by atoms with E-state index in [0.717, 1.165) is 38.9 Å². The molecular formula is C16H30Cl2N4O. The van der Waals surface area contributed by atoms with Crippen molar-refractivity contribution >= 4 is 30.7 Å². The van der Waals surface area contributed by atoms with Crippen LogP contribution in [-0.4, -0.2) is 39.7 Å². The molecule has 0 aromatic carbocycles. The van der Waals surface area contributed by atoms with Crippen molar-refractivity contribution in [2.24, 2.45) is 11.7 Å². The summed E-state index contributed by atoms with van der Waals surface area (Å²) in [6.07, 6.45) is 6.88. The van der Waals surface area contributed by atoms with Crippen molar-refractivity contribution in [1.29, 1.82) is 0 Å². The number of nitrogens with two attached hydrogens (primary N) is 1. The summed E-state index contributed by atoms with van der Waals surface area (Å²) in [4.78, 5) is 14.2. The molecule has 1 aromatic rings. The molecule has 0 aliphatic carbocycles. The van der Waals surface area contributed by atoms with Crippen molar-refractivity contribution in [3.63, 3.8) is 0 Å². The molecule has 1 aromatic heterocycles. The Bertz CT molecular complexity index is 470. The van der Waals surface area contributed by atoms with Crippen LogP contribution < -0.4 is 5.73 Å². The Kier molecular flexibility index (Phi) is 9.82. The quantitative estimate of drug-likeness (QED) is 0.873. The number of amides is 1. The second-order valence-corrected chi connectivity index (χ2v) is 6.46. The number of likely N-dealkylation sites (tertiary alicyclic amines) is 1. The Morgan fingerprint density at radius 1 is 1.35 bits per heavy atom. The molecule has 5 nitrogen and oxygen atoms in total. The van der Waals surface area contributed by atoms with Gasteiger partial charge in [0.2, 0.25) is 5.91 Å². The van der Waals surface area contributed by atoms with Crippen LogP contribution in [0.1, 0.15) is 51.5 Å². The van der Waals surface area contributed by atoms with E-state index in [0.29, 0.717) is 11.8 Å². The van der Waals surface area contributed by atoms with Crippen molar-refractivity contribution in [2.45, 2.75) is 58.5 Å². The van der Waals surface area contributed by atoms with Crippen LogP contribution in [0.5, 0.6) is 0 Å². The van der Waals surface area contributed by atoms with Crippen molar-refractivity contribution < 1.29 is 4.79 Å². The van der Waals surface area contributed by atoms with Gasteiger partial charge in [0.1, 0.15) is 0 Å². The Morgan fingerprint density at radius 2 is 1.96 bits per heavy atom. The molecule has 2 rings (SSSR count). The number of carbonyl (C=O) groups excluding carboxylic acids is 1. The highest BCUT2D eigenvalue weighted by Crippen LogP contribution is 2.28. The zero-order valence-corrected chi connectivity index (χ0v) is 15.9. The van der Waals surface area contributed by atoms with Crippen molar-refractivity contribution in [3.8, 4) is 0 Å². The van der Waals surface area contributed by atoms with Crippen molar-refractivity contribution in [3.05, 3.63) is 18.0 Å². The second-order valence-electron chi connectivity index (χ2n) is 6.46. The van der Waals surface area contributed by atoms with Crippen LogP contribution in [0.4, 0.5) is 0 Å². The molecule has 0 radical (unpaired) electrons. The Labute approximate surface area is 151 Å². The maximum Gasteiger partial charge on any atom is 0.239 e. The van der Waals surface area contributed by atoms with Crippen LogP contribution in [0.2, 0.25) is 0 Å². The van der Waals surface area contributed by atoms with E-state index in [-0.39, 0.29) is 36.8 Å². The summed E-state index contributed by atoms with van der Waals surface area (Å²) in [6.45, 7) is 8.82. The molecule has 1 fully saturated rings. The first-order valence-corrected chi connectivity index (χ1v) is 8.08. The van der Waals surface area contributed by atoms with Crippen molar-refractivity contribution in [2.75, 3.05) is 13.1 Å². The highest BCUT2D eigenvalue weighted by Gasteiger charge is 2.27. The number of rotatable bonds is 5.